The summed E-state index contributed by atoms with van der Waals surface area (Å²) in [6.07, 6.45) is 0. The van der Waals surface area contributed by atoms with Crippen molar-refractivity contribution < 1.29 is 23.5 Å². The van der Waals surface area contributed by atoms with E-state index in [4.69, 9.17) is 16.3 Å². The molecule has 1 heterocycles. The number of ether oxygens (including phenoxy) is 2. The number of benzene rings is 2. The molecule has 6 nitrogen and oxygen atoms in total. The van der Waals surface area contributed by atoms with Gasteiger partial charge in [0.25, 0.3) is 5.91 Å². The van der Waals surface area contributed by atoms with Gasteiger partial charge in [0.2, 0.25) is 0 Å². The topological polar surface area (TPSA) is 59.1 Å². The summed E-state index contributed by atoms with van der Waals surface area (Å²) in [6.45, 7) is 1.87. The molecule has 0 unspecified atom stereocenters. The molecule has 1 saturated heterocycles. The Kier molecular flexibility index (Phi) is 6.36. The lowest BCUT2D eigenvalue weighted by Crippen LogP contribution is -2.50. The summed E-state index contributed by atoms with van der Waals surface area (Å²) in [6, 6.07) is 11.1. The summed E-state index contributed by atoms with van der Waals surface area (Å²) >= 11 is 6.10. The molecule has 3 rings (SSSR count). The van der Waals surface area contributed by atoms with Crippen LogP contribution in [0.15, 0.2) is 42.5 Å². The molecule has 2 aromatic carbocycles. The maximum atomic E-state index is 13.9. The van der Waals surface area contributed by atoms with Crippen molar-refractivity contribution in [1.82, 2.24) is 4.90 Å². The van der Waals surface area contributed by atoms with Crippen LogP contribution in [-0.2, 0) is 9.53 Å². The molecule has 28 heavy (non-hydrogen) atoms. The van der Waals surface area contributed by atoms with E-state index in [1.807, 2.05) is 4.90 Å². The molecule has 1 aliphatic rings. The van der Waals surface area contributed by atoms with Gasteiger partial charge in [-0.1, -0.05) is 23.7 Å². The molecule has 0 radical (unpaired) electrons. The number of carbonyl (C=O) groups is 2. The summed E-state index contributed by atoms with van der Waals surface area (Å²) in [5, 5.41) is 0.222. The second kappa shape index (κ2) is 8.93. The van der Waals surface area contributed by atoms with E-state index in [1.54, 1.807) is 23.1 Å². The van der Waals surface area contributed by atoms with Gasteiger partial charge in [-0.25, -0.2) is 9.18 Å². The number of piperazine rings is 1. The highest BCUT2D eigenvalue weighted by Gasteiger charge is 2.23. The highest BCUT2D eigenvalue weighted by Crippen LogP contribution is 2.26. The molecule has 8 heteroatoms. The van der Waals surface area contributed by atoms with Crippen LogP contribution in [0.5, 0.6) is 5.75 Å². The third-order valence-electron chi connectivity index (χ3n) is 4.53. The van der Waals surface area contributed by atoms with Crippen LogP contribution in [0.25, 0.3) is 0 Å². The van der Waals surface area contributed by atoms with Gasteiger partial charge < -0.3 is 19.3 Å². The van der Waals surface area contributed by atoms with E-state index < -0.39 is 5.97 Å². The number of amides is 1. The van der Waals surface area contributed by atoms with Crippen molar-refractivity contribution in [3.05, 3.63) is 58.9 Å². The van der Waals surface area contributed by atoms with Gasteiger partial charge in [-0.2, -0.15) is 0 Å². The molecule has 2 aromatic rings. The second-order valence-corrected chi connectivity index (χ2v) is 6.65. The third kappa shape index (κ3) is 4.54. The summed E-state index contributed by atoms with van der Waals surface area (Å²) in [7, 11) is 1.28. The van der Waals surface area contributed by atoms with Crippen LogP contribution in [-0.4, -0.2) is 56.7 Å². The van der Waals surface area contributed by atoms with Crippen molar-refractivity contribution in [2.24, 2.45) is 0 Å². The Morgan fingerprint density at radius 3 is 2.46 bits per heavy atom. The van der Waals surface area contributed by atoms with Crippen LogP contribution in [0, 0.1) is 5.82 Å². The number of esters is 1. The van der Waals surface area contributed by atoms with E-state index in [2.05, 4.69) is 4.74 Å². The third-order valence-corrected chi connectivity index (χ3v) is 4.83. The van der Waals surface area contributed by atoms with Gasteiger partial charge in [-0.05, 0) is 30.3 Å². The quantitative estimate of drug-likeness (QED) is 0.714. The van der Waals surface area contributed by atoms with Crippen molar-refractivity contribution in [2.45, 2.75) is 0 Å². The van der Waals surface area contributed by atoms with E-state index in [0.29, 0.717) is 43.2 Å². The average molecular weight is 407 g/mol. The maximum Gasteiger partial charge on any atom is 0.337 e. The van der Waals surface area contributed by atoms with Crippen molar-refractivity contribution in [3.8, 4) is 5.75 Å². The molecule has 0 bridgehead atoms. The first-order valence-corrected chi connectivity index (χ1v) is 9.15. The Balaban J connectivity index is 1.52. The number of rotatable bonds is 5. The fourth-order valence-electron chi connectivity index (χ4n) is 3.00. The number of hydrogen-bond donors (Lipinski definition) is 0. The lowest BCUT2D eigenvalue weighted by Gasteiger charge is -2.36. The molecule has 0 atom stereocenters. The van der Waals surface area contributed by atoms with Gasteiger partial charge in [0.1, 0.15) is 11.6 Å². The van der Waals surface area contributed by atoms with Crippen LogP contribution < -0.4 is 9.64 Å². The first kappa shape index (κ1) is 19.9. The molecular weight excluding hydrogens is 387 g/mol. The molecule has 1 fully saturated rings. The van der Waals surface area contributed by atoms with E-state index in [0.717, 1.165) is 0 Å². The zero-order valence-electron chi connectivity index (χ0n) is 15.4. The number of hydrogen-bond acceptors (Lipinski definition) is 5. The molecule has 0 saturated carbocycles. The number of nitrogens with zero attached hydrogens (tertiary/aromatic N) is 2. The second-order valence-electron chi connectivity index (χ2n) is 6.24. The van der Waals surface area contributed by atoms with Crippen molar-refractivity contribution in [2.75, 3.05) is 44.8 Å². The molecule has 0 N–H and O–H groups in total. The molecule has 1 amide bonds. The lowest BCUT2D eigenvalue weighted by atomic mass is 10.2. The fourth-order valence-corrected chi connectivity index (χ4v) is 3.23. The Labute approximate surface area is 167 Å². The van der Waals surface area contributed by atoms with E-state index in [-0.39, 0.29) is 23.4 Å². The molecule has 0 aromatic heterocycles. The Hall–Kier alpha value is -2.80. The molecule has 1 aliphatic heterocycles. The van der Waals surface area contributed by atoms with Crippen molar-refractivity contribution in [1.29, 1.82) is 0 Å². The molecule has 0 spiro atoms. The zero-order chi connectivity index (χ0) is 20.1. The van der Waals surface area contributed by atoms with Crippen LogP contribution in [0.2, 0.25) is 5.02 Å². The highest BCUT2D eigenvalue weighted by molar-refractivity contribution is 6.32. The van der Waals surface area contributed by atoms with Crippen LogP contribution >= 0.6 is 11.6 Å². The SMILES string of the molecule is COC(=O)c1ccc(OCC(=O)N2CCN(c3ccccc3F)CC2)c(Cl)c1. The summed E-state index contributed by atoms with van der Waals surface area (Å²) in [5.74, 6) is -0.637. The average Bonchev–Trinajstić information content (AvgIpc) is 2.72. The fraction of sp³-hybridized carbons (Fsp3) is 0.300. The minimum atomic E-state index is -0.503. The maximum absolute atomic E-state index is 13.9. The minimum absolute atomic E-state index is 0.170. The monoisotopic (exact) mass is 406 g/mol. The van der Waals surface area contributed by atoms with Crippen LogP contribution in [0.4, 0.5) is 10.1 Å². The lowest BCUT2D eigenvalue weighted by molar-refractivity contribution is -0.133. The number of halogens is 2. The van der Waals surface area contributed by atoms with Gasteiger partial charge in [0, 0.05) is 26.2 Å². The standard InChI is InChI=1S/C20H20ClFN2O4/c1-27-20(26)14-6-7-18(15(21)12-14)28-13-19(25)24-10-8-23(9-11-24)17-5-3-2-4-16(17)22/h2-7,12H,8-11,13H2,1H3. The summed E-state index contributed by atoms with van der Waals surface area (Å²) in [4.78, 5) is 27.5. The highest BCUT2D eigenvalue weighted by atomic mass is 35.5. The first-order valence-electron chi connectivity index (χ1n) is 8.77. The van der Waals surface area contributed by atoms with Gasteiger partial charge in [-0.15, -0.1) is 0 Å². The number of carbonyl (C=O) groups excluding carboxylic acids is 2. The predicted octanol–water partition coefficient (Wildman–Crippen LogP) is 2.99. The van der Waals surface area contributed by atoms with E-state index in [1.165, 1.54) is 31.4 Å². The number of para-hydroxylation sites is 1. The molecule has 148 valence electrons. The van der Waals surface area contributed by atoms with Gasteiger partial charge in [-0.3, -0.25) is 4.79 Å². The van der Waals surface area contributed by atoms with E-state index in [9.17, 15) is 14.0 Å². The Morgan fingerprint density at radius 1 is 1.11 bits per heavy atom. The van der Waals surface area contributed by atoms with Gasteiger partial charge >= 0.3 is 5.97 Å². The predicted molar refractivity (Wildman–Crippen MR) is 103 cm³/mol. The first-order chi connectivity index (χ1) is 13.5. The van der Waals surface area contributed by atoms with Crippen LogP contribution in [0.1, 0.15) is 10.4 Å². The summed E-state index contributed by atoms with van der Waals surface area (Å²) < 4.78 is 24.0. The number of methoxy groups -OCH3 is 1. The van der Waals surface area contributed by atoms with E-state index >= 15 is 0 Å². The van der Waals surface area contributed by atoms with Crippen molar-refractivity contribution >= 4 is 29.2 Å². The molecular formula is C20H20ClFN2O4. The number of anilines is 1. The smallest absolute Gasteiger partial charge is 0.337 e. The van der Waals surface area contributed by atoms with Crippen LogP contribution in [0.3, 0.4) is 0 Å². The summed E-state index contributed by atoms with van der Waals surface area (Å²) in [5.41, 5.74) is 0.846. The normalized spacial score (nSPS) is 14.0. The zero-order valence-corrected chi connectivity index (χ0v) is 16.1. The van der Waals surface area contributed by atoms with Gasteiger partial charge in [0.15, 0.2) is 6.61 Å². The Bertz CT molecular complexity index is 869. The van der Waals surface area contributed by atoms with Gasteiger partial charge in [0.05, 0.1) is 23.4 Å². The Morgan fingerprint density at radius 2 is 1.82 bits per heavy atom. The molecule has 0 aliphatic carbocycles. The van der Waals surface area contributed by atoms with Crippen molar-refractivity contribution in [3.63, 3.8) is 0 Å². The minimum Gasteiger partial charge on any atom is -0.482 e. The largest absolute Gasteiger partial charge is 0.482 e.